The Morgan fingerprint density at radius 1 is 1.47 bits per heavy atom. The third-order valence-electron chi connectivity index (χ3n) is 2.60. The van der Waals surface area contributed by atoms with Gasteiger partial charge < -0.3 is 10.5 Å². The van der Waals surface area contributed by atoms with Gasteiger partial charge in [0.2, 0.25) is 10.0 Å². The van der Waals surface area contributed by atoms with Gasteiger partial charge in [0.25, 0.3) is 0 Å². The molecule has 1 atom stereocenters. The van der Waals surface area contributed by atoms with Gasteiger partial charge in [0, 0.05) is 13.2 Å². The normalized spacial score (nSPS) is 13.4. The minimum absolute atomic E-state index is 0.103. The molecule has 0 saturated heterocycles. The molecule has 0 spiro atoms. The summed E-state index contributed by atoms with van der Waals surface area (Å²) in [5.41, 5.74) is 5.86. The number of halogens is 1. The number of rotatable bonds is 7. The van der Waals surface area contributed by atoms with Gasteiger partial charge in [-0.1, -0.05) is 24.9 Å². The van der Waals surface area contributed by atoms with Crippen molar-refractivity contribution in [2.75, 3.05) is 19.5 Å². The Morgan fingerprint density at radius 2 is 2.16 bits per heavy atom. The zero-order valence-electron chi connectivity index (χ0n) is 11.0. The largest absolute Gasteiger partial charge is 0.397 e. The van der Waals surface area contributed by atoms with Gasteiger partial charge >= 0.3 is 0 Å². The number of nitrogens with two attached hydrogens (primary N) is 1. The molecule has 7 heteroatoms. The predicted molar refractivity (Wildman–Crippen MR) is 76.8 cm³/mol. The van der Waals surface area contributed by atoms with Gasteiger partial charge in [-0.25, -0.2) is 13.1 Å². The van der Waals surface area contributed by atoms with Crippen LogP contribution in [-0.2, 0) is 14.8 Å². The van der Waals surface area contributed by atoms with E-state index in [1.807, 2.05) is 6.92 Å². The average Bonchev–Trinajstić information content (AvgIpc) is 2.32. The van der Waals surface area contributed by atoms with E-state index in [2.05, 4.69) is 4.72 Å². The molecule has 1 aromatic carbocycles. The summed E-state index contributed by atoms with van der Waals surface area (Å²) in [5.74, 6) is 0. The number of benzene rings is 1. The molecule has 0 fully saturated rings. The molecule has 1 rings (SSSR count). The van der Waals surface area contributed by atoms with Gasteiger partial charge in [0.05, 0.1) is 22.2 Å². The van der Waals surface area contributed by atoms with Crippen molar-refractivity contribution < 1.29 is 13.2 Å². The van der Waals surface area contributed by atoms with Crippen LogP contribution in [0.2, 0.25) is 5.02 Å². The average molecular weight is 307 g/mol. The molecule has 19 heavy (non-hydrogen) atoms. The smallest absolute Gasteiger partial charge is 0.240 e. The van der Waals surface area contributed by atoms with Crippen LogP contribution < -0.4 is 10.5 Å². The van der Waals surface area contributed by atoms with Crippen LogP contribution in [0.5, 0.6) is 0 Å². The van der Waals surface area contributed by atoms with Crippen molar-refractivity contribution in [2.24, 2.45) is 0 Å². The minimum Gasteiger partial charge on any atom is -0.397 e. The second-order valence-corrected chi connectivity index (χ2v) is 6.37. The molecule has 3 N–H and O–H groups in total. The van der Waals surface area contributed by atoms with Crippen molar-refractivity contribution >= 4 is 27.3 Å². The highest BCUT2D eigenvalue weighted by molar-refractivity contribution is 7.89. The number of hydrogen-bond acceptors (Lipinski definition) is 4. The molecule has 0 amide bonds. The number of anilines is 1. The summed E-state index contributed by atoms with van der Waals surface area (Å²) in [4.78, 5) is 0.103. The lowest BCUT2D eigenvalue weighted by molar-refractivity contribution is 0.171. The summed E-state index contributed by atoms with van der Waals surface area (Å²) in [6.45, 7) is 2.31. The first-order chi connectivity index (χ1) is 8.90. The van der Waals surface area contributed by atoms with Crippen LogP contribution in [-0.4, -0.2) is 28.2 Å². The van der Waals surface area contributed by atoms with Crippen LogP contribution in [0, 0.1) is 0 Å². The highest BCUT2D eigenvalue weighted by atomic mass is 35.5. The number of methoxy groups -OCH3 is 1. The molecule has 1 unspecified atom stereocenters. The van der Waals surface area contributed by atoms with Gasteiger partial charge in [-0.2, -0.15) is 0 Å². The molecule has 0 aliphatic rings. The minimum atomic E-state index is -3.61. The Morgan fingerprint density at radius 3 is 2.68 bits per heavy atom. The fraction of sp³-hybridized carbons (Fsp3) is 0.500. The molecule has 0 saturated carbocycles. The Kier molecular flexibility index (Phi) is 6.06. The summed E-state index contributed by atoms with van der Waals surface area (Å²) < 4.78 is 32.0. The van der Waals surface area contributed by atoms with Crippen molar-refractivity contribution in [1.29, 1.82) is 0 Å². The lowest BCUT2D eigenvalue weighted by Gasteiger charge is -2.17. The number of nitrogen functional groups attached to an aromatic ring is 1. The number of sulfonamides is 1. The van der Waals surface area contributed by atoms with E-state index in [9.17, 15) is 8.42 Å². The first-order valence-electron chi connectivity index (χ1n) is 5.97. The molecule has 5 nitrogen and oxygen atoms in total. The SMILES string of the molecule is CCCC(COC)NS(=O)(=O)c1ccc(Cl)c(N)c1. The standard InChI is InChI=1S/C12H19ClN2O3S/c1-3-4-9(8-18-2)15-19(16,17)10-5-6-11(13)12(14)7-10/h5-7,9,15H,3-4,8,14H2,1-2H3. The Balaban J connectivity index is 2.92. The van der Waals surface area contributed by atoms with E-state index >= 15 is 0 Å². The second-order valence-electron chi connectivity index (χ2n) is 4.25. The van der Waals surface area contributed by atoms with Crippen molar-refractivity contribution in [1.82, 2.24) is 4.72 Å². The molecule has 0 aliphatic heterocycles. The third kappa shape index (κ3) is 4.65. The molecular weight excluding hydrogens is 288 g/mol. The molecule has 0 aromatic heterocycles. The van der Waals surface area contributed by atoms with Crippen LogP contribution in [0.1, 0.15) is 19.8 Å². The van der Waals surface area contributed by atoms with Crippen molar-refractivity contribution in [3.63, 3.8) is 0 Å². The van der Waals surface area contributed by atoms with E-state index in [1.54, 1.807) is 0 Å². The number of nitrogens with one attached hydrogen (secondary N) is 1. The highest BCUT2D eigenvalue weighted by Gasteiger charge is 2.20. The van der Waals surface area contributed by atoms with Gasteiger partial charge in [0.15, 0.2) is 0 Å². The molecular formula is C12H19ClN2O3S. The van der Waals surface area contributed by atoms with E-state index in [0.717, 1.165) is 6.42 Å². The maximum atomic E-state index is 12.2. The van der Waals surface area contributed by atoms with Gasteiger partial charge in [-0.3, -0.25) is 0 Å². The van der Waals surface area contributed by atoms with E-state index in [0.29, 0.717) is 18.1 Å². The second kappa shape index (κ2) is 7.09. The monoisotopic (exact) mass is 306 g/mol. The summed E-state index contributed by atoms with van der Waals surface area (Å²) in [7, 11) is -2.07. The van der Waals surface area contributed by atoms with Gasteiger partial charge in [-0.15, -0.1) is 0 Å². The maximum absolute atomic E-state index is 12.2. The lowest BCUT2D eigenvalue weighted by atomic mass is 10.2. The molecule has 0 radical (unpaired) electrons. The van der Waals surface area contributed by atoms with Crippen LogP contribution in [0.4, 0.5) is 5.69 Å². The Bertz CT molecular complexity index is 514. The quantitative estimate of drug-likeness (QED) is 0.755. The first kappa shape index (κ1) is 16.2. The van der Waals surface area contributed by atoms with E-state index in [-0.39, 0.29) is 16.6 Å². The maximum Gasteiger partial charge on any atom is 0.240 e. The fourth-order valence-corrected chi connectivity index (χ4v) is 3.11. The fourth-order valence-electron chi connectivity index (χ4n) is 1.70. The molecule has 0 bridgehead atoms. The molecule has 0 aliphatic carbocycles. The highest BCUT2D eigenvalue weighted by Crippen LogP contribution is 2.22. The third-order valence-corrected chi connectivity index (χ3v) is 4.47. The van der Waals surface area contributed by atoms with Crippen LogP contribution in [0.15, 0.2) is 23.1 Å². The molecule has 1 aromatic rings. The first-order valence-corrected chi connectivity index (χ1v) is 7.83. The Hall–Kier alpha value is -0.820. The zero-order valence-corrected chi connectivity index (χ0v) is 12.6. The number of ether oxygens (including phenoxy) is 1. The van der Waals surface area contributed by atoms with Gasteiger partial charge in [-0.05, 0) is 24.6 Å². The van der Waals surface area contributed by atoms with Crippen molar-refractivity contribution in [3.8, 4) is 0 Å². The van der Waals surface area contributed by atoms with Crippen LogP contribution >= 0.6 is 11.6 Å². The Labute approximate surface area is 119 Å². The summed E-state index contributed by atoms with van der Waals surface area (Å²) in [6, 6.07) is 3.99. The summed E-state index contributed by atoms with van der Waals surface area (Å²) >= 11 is 5.78. The molecule has 108 valence electrons. The van der Waals surface area contributed by atoms with Crippen molar-refractivity contribution in [3.05, 3.63) is 23.2 Å². The topological polar surface area (TPSA) is 81.4 Å². The van der Waals surface area contributed by atoms with E-state index < -0.39 is 10.0 Å². The lowest BCUT2D eigenvalue weighted by Crippen LogP contribution is -2.37. The zero-order chi connectivity index (χ0) is 14.5. The van der Waals surface area contributed by atoms with Crippen LogP contribution in [0.25, 0.3) is 0 Å². The van der Waals surface area contributed by atoms with Crippen LogP contribution in [0.3, 0.4) is 0 Å². The predicted octanol–water partition coefficient (Wildman–Crippen LogP) is 2.02. The van der Waals surface area contributed by atoms with Gasteiger partial charge in [0.1, 0.15) is 0 Å². The van der Waals surface area contributed by atoms with E-state index in [4.69, 9.17) is 22.1 Å². The summed E-state index contributed by atoms with van der Waals surface area (Å²) in [5, 5.41) is 0.334. The summed E-state index contributed by atoms with van der Waals surface area (Å²) in [6.07, 6.45) is 1.56. The molecule has 0 heterocycles. The number of hydrogen-bond donors (Lipinski definition) is 2. The van der Waals surface area contributed by atoms with Crippen molar-refractivity contribution in [2.45, 2.75) is 30.7 Å². The van der Waals surface area contributed by atoms with E-state index in [1.165, 1.54) is 25.3 Å².